The summed E-state index contributed by atoms with van der Waals surface area (Å²) in [6.45, 7) is 0.539. The maximum Gasteiger partial charge on any atom is 0.220 e. The van der Waals surface area contributed by atoms with E-state index < -0.39 is 0 Å². The van der Waals surface area contributed by atoms with Crippen LogP contribution in [0.2, 0.25) is 0 Å². The van der Waals surface area contributed by atoms with Gasteiger partial charge in [0.15, 0.2) is 0 Å². The molecule has 2 rings (SSSR count). The monoisotopic (exact) mass is 218 g/mol. The molecule has 0 saturated heterocycles. The summed E-state index contributed by atoms with van der Waals surface area (Å²) in [5.74, 6) is 1.02. The van der Waals surface area contributed by atoms with Gasteiger partial charge in [0.2, 0.25) is 5.95 Å². The Morgan fingerprint density at radius 3 is 2.81 bits per heavy atom. The highest BCUT2D eigenvalue weighted by molar-refractivity contribution is 5.83. The lowest BCUT2D eigenvalue weighted by Gasteiger charge is -2.07. The van der Waals surface area contributed by atoms with Gasteiger partial charge in [0.1, 0.15) is 5.75 Å². The first-order chi connectivity index (χ1) is 7.74. The fraction of sp³-hybridized carbons (Fsp3) is 0.273. The van der Waals surface area contributed by atoms with Crippen molar-refractivity contribution in [2.45, 2.75) is 6.42 Å². The summed E-state index contributed by atoms with van der Waals surface area (Å²) in [5.41, 5.74) is 12.8. The first kappa shape index (κ1) is 10.6. The third-order valence-electron chi connectivity index (χ3n) is 2.38. The normalized spacial score (nSPS) is 10.6. The predicted molar refractivity (Wildman–Crippen MR) is 63.3 cm³/mol. The van der Waals surface area contributed by atoms with Gasteiger partial charge >= 0.3 is 0 Å². The van der Waals surface area contributed by atoms with E-state index in [0.717, 1.165) is 22.3 Å². The van der Waals surface area contributed by atoms with Crippen molar-refractivity contribution < 1.29 is 4.74 Å². The Bertz CT molecular complexity index is 513. The number of methoxy groups -OCH3 is 1. The molecule has 0 fully saturated rings. The van der Waals surface area contributed by atoms with E-state index in [9.17, 15) is 0 Å². The summed E-state index contributed by atoms with van der Waals surface area (Å²) in [5, 5.41) is 0.973. The maximum atomic E-state index is 5.64. The summed E-state index contributed by atoms with van der Waals surface area (Å²) in [6.07, 6.45) is 0.690. The second kappa shape index (κ2) is 4.32. The number of hydrogen-bond acceptors (Lipinski definition) is 5. The molecular weight excluding hydrogens is 204 g/mol. The Morgan fingerprint density at radius 1 is 1.31 bits per heavy atom. The fourth-order valence-electron chi connectivity index (χ4n) is 1.65. The van der Waals surface area contributed by atoms with Gasteiger partial charge in [-0.1, -0.05) is 0 Å². The fourth-order valence-corrected chi connectivity index (χ4v) is 1.65. The van der Waals surface area contributed by atoms with Crippen molar-refractivity contribution >= 4 is 16.9 Å². The van der Waals surface area contributed by atoms with Crippen LogP contribution in [0.3, 0.4) is 0 Å². The van der Waals surface area contributed by atoms with E-state index >= 15 is 0 Å². The molecule has 0 spiro atoms. The number of nitrogen functional groups attached to an aromatic ring is 1. The topological polar surface area (TPSA) is 87.0 Å². The van der Waals surface area contributed by atoms with Crippen LogP contribution in [-0.4, -0.2) is 23.6 Å². The Hall–Kier alpha value is -1.88. The number of anilines is 1. The van der Waals surface area contributed by atoms with E-state index in [1.807, 2.05) is 18.2 Å². The highest BCUT2D eigenvalue weighted by Gasteiger charge is 2.06. The minimum atomic E-state index is 0.268. The first-order valence-corrected chi connectivity index (χ1v) is 5.05. The Labute approximate surface area is 93.4 Å². The third kappa shape index (κ3) is 1.90. The molecule has 0 aliphatic rings. The number of benzene rings is 1. The second-order valence-corrected chi connectivity index (χ2v) is 3.45. The average Bonchev–Trinajstić information content (AvgIpc) is 2.28. The second-order valence-electron chi connectivity index (χ2n) is 3.45. The smallest absolute Gasteiger partial charge is 0.220 e. The molecule has 0 aliphatic carbocycles. The van der Waals surface area contributed by atoms with Gasteiger partial charge in [-0.15, -0.1) is 0 Å². The number of fused-ring (bicyclic) bond motifs is 1. The van der Waals surface area contributed by atoms with Gasteiger partial charge in [0, 0.05) is 17.9 Å². The molecule has 1 aromatic carbocycles. The van der Waals surface area contributed by atoms with Gasteiger partial charge in [-0.05, 0) is 18.7 Å². The van der Waals surface area contributed by atoms with E-state index in [-0.39, 0.29) is 5.95 Å². The van der Waals surface area contributed by atoms with Gasteiger partial charge in [-0.3, -0.25) is 0 Å². The summed E-state index contributed by atoms with van der Waals surface area (Å²) >= 11 is 0. The van der Waals surface area contributed by atoms with E-state index in [4.69, 9.17) is 16.2 Å². The van der Waals surface area contributed by atoms with Crippen molar-refractivity contribution in [3.8, 4) is 5.75 Å². The van der Waals surface area contributed by atoms with Gasteiger partial charge in [-0.2, -0.15) is 0 Å². The van der Waals surface area contributed by atoms with Crippen molar-refractivity contribution in [3.63, 3.8) is 0 Å². The molecule has 0 saturated carbocycles. The molecule has 1 heterocycles. The molecule has 0 atom stereocenters. The average molecular weight is 218 g/mol. The van der Waals surface area contributed by atoms with Crippen LogP contribution < -0.4 is 16.2 Å². The minimum Gasteiger partial charge on any atom is -0.497 e. The van der Waals surface area contributed by atoms with Crippen molar-refractivity contribution in [1.29, 1.82) is 0 Å². The zero-order chi connectivity index (χ0) is 11.5. The molecule has 0 radical (unpaired) electrons. The molecule has 1 aromatic heterocycles. The first-order valence-electron chi connectivity index (χ1n) is 5.05. The summed E-state index contributed by atoms with van der Waals surface area (Å²) < 4.78 is 5.14. The van der Waals surface area contributed by atoms with Crippen LogP contribution in [0.1, 0.15) is 5.69 Å². The molecule has 5 nitrogen and oxygen atoms in total. The minimum absolute atomic E-state index is 0.268. The van der Waals surface area contributed by atoms with Crippen LogP contribution in [0.5, 0.6) is 5.75 Å². The molecule has 5 heteroatoms. The molecule has 16 heavy (non-hydrogen) atoms. The van der Waals surface area contributed by atoms with Crippen LogP contribution in [0.4, 0.5) is 5.95 Å². The van der Waals surface area contributed by atoms with Crippen molar-refractivity contribution in [2.24, 2.45) is 5.73 Å². The number of nitrogens with zero attached hydrogens (tertiary/aromatic N) is 2. The quantitative estimate of drug-likeness (QED) is 0.792. The number of ether oxygens (including phenoxy) is 1. The standard InChI is InChI=1S/C11H14N4O/c1-16-7-2-3-8-9(4-5-12)14-11(13)15-10(8)6-7/h2-3,6H,4-5,12H2,1H3,(H2,13,14,15). The van der Waals surface area contributed by atoms with Crippen LogP contribution in [-0.2, 0) is 6.42 Å². The van der Waals surface area contributed by atoms with E-state index in [0.29, 0.717) is 13.0 Å². The maximum absolute atomic E-state index is 5.64. The van der Waals surface area contributed by atoms with Gasteiger partial charge < -0.3 is 16.2 Å². The molecule has 2 aromatic rings. The van der Waals surface area contributed by atoms with Gasteiger partial charge in [0.05, 0.1) is 18.3 Å². The highest BCUT2D eigenvalue weighted by Crippen LogP contribution is 2.22. The van der Waals surface area contributed by atoms with E-state index in [1.165, 1.54) is 0 Å². The lowest BCUT2D eigenvalue weighted by Crippen LogP contribution is -2.07. The highest BCUT2D eigenvalue weighted by atomic mass is 16.5. The molecular formula is C11H14N4O. The van der Waals surface area contributed by atoms with Crippen molar-refractivity contribution in [3.05, 3.63) is 23.9 Å². The SMILES string of the molecule is COc1ccc2c(CCN)nc(N)nc2c1. The largest absolute Gasteiger partial charge is 0.497 e. The predicted octanol–water partition coefficient (Wildman–Crippen LogP) is 0.722. The Morgan fingerprint density at radius 2 is 2.12 bits per heavy atom. The summed E-state index contributed by atoms with van der Waals surface area (Å²) in [6, 6.07) is 5.65. The number of nitrogens with two attached hydrogens (primary N) is 2. The molecule has 0 bridgehead atoms. The molecule has 0 aliphatic heterocycles. The third-order valence-corrected chi connectivity index (χ3v) is 2.38. The van der Waals surface area contributed by atoms with Crippen LogP contribution >= 0.6 is 0 Å². The van der Waals surface area contributed by atoms with Gasteiger partial charge in [0.25, 0.3) is 0 Å². The van der Waals surface area contributed by atoms with E-state index in [1.54, 1.807) is 7.11 Å². The number of aromatic nitrogens is 2. The van der Waals surface area contributed by atoms with Gasteiger partial charge in [-0.25, -0.2) is 9.97 Å². The molecule has 4 N–H and O–H groups in total. The molecule has 0 amide bonds. The lowest BCUT2D eigenvalue weighted by molar-refractivity contribution is 0.415. The van der Waals surface area contributed by atoms with Crippen LogP contribution in [0.15, 0.2) is 18.2 Å². The summed E-state index contributed by atoms with van der Waals surface area (Å²) in [7, 11) is 1.62. The van der Waals surface area contributed by atoms with Crippen molar-refractivity contribution in [1.82, 2.24) is 9.97 Å². The zero-order valence-electron chi connectivity index (χ0n) is 9.10. The van der Waals surface area contributed by atoms with Crippen LogP contribution in [0.25, 0.3) is 10.9 Å². The zero-order valence-corrected chi connectivity index (χ0v) is 9.10. The number of rotatable bonds is 3. The molecule has 84 valence electrons. The van der Waals surface area contributed by atoms with E-state index in [2.05, 4.69) is 9.97 Å². The Kier molecular flexibility index (Phi) is 2.87. The molecule has 0 unspecified atom stereocenters. The Balaban J connectivity index is 2.63. The lowest BCUT2D eigenvalue weighted by atomic mass is 10.1. The number of hydrogen-bond donors (Lipinski definition) is 2. The van der Waals surface area contributed by atoms with Crippen LogP contribution in [0, 0.1) is 0 Å². The van der Waals surface area contributed by atoms with Crippen molar-refractivity contribution in [2.75, 3.05) is 19.4 Å². The summed E-state index contributed by atoms with van der Waals surface area (Å²) in [4.78, 5) is 8.37.